The summed E-state index contributed by atoms with van der Waals surface area (Å²) < 4.78 is 13.4. The highest BCUT2D eigenvalue weighted by Gasteiger charge is 2.09. The smallest absolute Gasteiger partial charge is 0.163 e. The summed E-state index contributed by atoms with van der Waals surface area (Å²) in [6.45, 7) is 6.64. The summed E-state index contributed by atoms with van der Waals surface area (Å²) in [5, 5.41) is 1.15. The van der Waals surface area contributed by atoms with E-state index in [2.05, 4.69) is 10.6 Å². The van der Waals surface area contributed by atoms with E-state index in [9.17, 15) is 0 Å². The molecular formula is C14H20N2O2. The van der Waals surface area contributed by atoms with E-state index < -0.39 is 0 Å². The van der Waals surface area contributed by atoms with E-state index in [1.165, 1.54) is 0 Å². The number of nitrogens with zero attached hydrogens (tertiary/aromatic N) is 1. The molecule has 0 spiro atoms. The lowest BCUT2D eigenvalue weighted by molar-refractivity contribution is 0.288. The lowest BCUT2D eigenvalue weighted by Gasteiger charge is -2.12. The van der Waals surface area contributed by atoms with Crippen molar-refractivity contribution in [2.75, 3.05) is 19.8 Å². The third kappa shape index (κ3) is 2.43. The van der Waals surface area contributed by atoms with Crippen molar-refractivity contribution in [3.05, 3.63) is 24.4 Å². The molecule has 0 saturated heterocycles. The van der Waals surface area contributed by atoms with Crippen LogP contribution >= 0.6 is 0 Å². The highest BCUT2D eigenvalue weighted by Crippen LogP contribution is 2.33. The minimum absolute atomic E-state index is 0.626. The monoisotopic (exact) mass is 248 g/mol. The van der Waals surface area contributed by atoms with Crippen LogP contribution in [0.1, 0.15) is 13.8 Å². The normalized spacial score (nSPS) is 10.8. The molecule has 2 aromatic rings. The SMILES string of the molecule is CCOc1cc2ccn(CCN)c2cc1OCC. The molecule has 0 aliphatic rings. The Morgan fingerprint density at radius 2 is 1.78 bits per heavy atom. The molecule has 0 unspecified atom stereocenters. The fourth-order valence-electron chi connectivity index (χ4n) is 2.07. The minimum atomic E-state index is 0.626. The van der Waals surface area contributed by atoms with Gasteiger partial charge in [-0.15, -0.1) is 0 Å². The van der Waals surface area contributed by atoms with E-state index in [4.69, 9.17) is 15.2 Å². The summed E-state index contributed by atoms with van der Waals surface area (Å²) in [5.41, 5.74) is 6.74. The number of ether oxygens (including phenoxy) is 2. The summed E-state index contributed by atoms with van der Waals surface area (Å²) >= 11 is 0. The summed E-state index contributed by atoms with van der Waals surface area (Å²) in [5.74, 6) is 1.60. The van der Waals surface area contributed by atoms with Gasteiger partial charge in [0.1, 0.15) is 0 Å². The number of nitrogens with two attached hydrogens (primary N) is 1. The number of hydrogen-bond donors (Lipinski definition) is 1. The van der Waals surface area contributed by atoms with Gasteiger partial charge in [-0.1, -0.05) is 0 Å². The standard InChI is InChI=1S/C14H20N2O2/c1-3-17-13-9-11-5-7-16(8-6-15)12(11)10-14(13)18-4-2/h5,7,9-10H,3-4,6,8,15H2,1-2H3. The zero-order chi connectivity index (χ0) is 13.0. The van der Waals surface area contributed by atoms with Gasteiger partial charge in [0, 0.05) is 30.7 Å². The van der Waals surface area contributed by atoms with Gasteiger partial charge >= 0.3 is 0 Å². The summed E-state index contributed by atoms with van der Waals surface area (Å²) in [6.07, 6.45) is 2.04. The topological polar surface area (TPSA) is 49.4 Å². The highest BCUT2D eigenvalue weighted by atomic mass is 16.5. The van der Waals surface area contributed by atoms with Gasteiger partial charge in [-0.3, -0.25) is 0 Å². The van der Waals surface area contributed by atoms with Crippen molar-refractivity contribution < 1.29 is 9.47 Å². The van der Waals surface area contributed by atoms with Gasteiger partial charge in [0.15, 0.2) is 11.5 Å². The van der Waals surface area contributed by atoms with Crippen LogP contribution in [-0.4, -0.2) is 24.3 Å². The molecule has 0 bridgehead atoms. The second-order valence-electron chi connectivity index (χ2n) is 4.02. The maximum Gasteiger partial charge on any atom is 0.163 e. The van der Waals surface area contributed by atoms with Crippen LogP contribution in [0.5, 0.6) is 11.5 Å². The Hall–Kier alpha value is -1.68. The minimum Gasteiger partial charge on any atom is -0.490 e. The third-order valence-electron chi connectivity index (χ3n) is 2.81. The Bertz CT molecular complexity index is 520. The third-order valence-corrected chi connectivity index (χ3v) is 2.81. The molecule has 1 heterocycles. The van der Waals surface area contributed by atoms with Crippen molar-refractivity contribution in [2.45, 2.75) is 20.4 Å². The molecule has 0 amide bonds. The van der Waals surface area contributed by atoms with Crippen molar-refractivity contribution in [1.29, 1.82) is 0 Å². The first-order valence-corrected chi connectivity index (χ1v) is 6.38. The molecule has 0 fully saturated rings. The number of fused-ring (bicyclic) bond motifs is 1. The molecule has 1 aromatic carbocycles. The van der Waals surface area contributed by atoms with Gasteiger partial charge in [0.2, 0.25) is 0 Å². The Kier molecular flexibility index (Phi) is 4.10. The van der Waals surface area contributed by atoms with Crippen LogP contribution in [0, 0.1) is 0 Å². The van der Waals surface area contributed by atoms with Crippen LogP contribution in [0.2, 0.25) is 0 Å². The number of rotatable bonds is 6. The molecule has 0 aliphatic carbocycles. The Morgan fingerprint density at radius 1 is 1.11 bits per heavy atom. The first-order chi connectivity index (χ1) is 8.80. The summed E-state index contributed by atoms with van der Waals surface area (Å²) in [6, 6.07) is 6.12. The second kappa shape index (κ2) is 5.78. The van der Waals surface area contributed by atoms with Crippen molar-refractivity contribution in [3.63, 3.8) is 0 Å². The average Bonchev–Trinajstić information content (AvgIpc) is 2.74. The summed E-state index contributed by atoms with van der Waals surface area (Å²) in [7, 11) is 0. The fourth-order valence-corrected chi connectivity index (χ4v) is 2.07. The van der Waals surface area contributed by atoms with Crippen molar-refractivity contribution in [1.82, 2.24) is 4.57 Å². The van der Waals surface area contributed by atoms with Gasteiger partial charge in [-0.05, 0) is 26.0 Å². The molecule has 4 heteroatoms. The second-order valence-corrected chi connectivity index (χ2v) is 4.02. The molecule has 0 radical (unpaired) electrons. The molecule has 2 N–H and O–H groups in total. The van der Waals surface area contributed by atoms with Crippen molar-refractivity contribution in [3.8, 4) is 11.5 Å². The Labute approximate surface area is 107 Å². The molecule has 1 aromatic heterocycles. The average molecular weight is 248 g/mol. The van der Waals surface area contributed by atoms with E-state index in [1.54, 1.807) is 0 Å². The quantitative estimate of drug-likeness (QED) is 0.854. The van der Waals surface area contributed by atoms with Crippen LogP contribution in [0.4, 0.5) is 0 Å². The van der Waals surface area contributed by atoms with Gasteiger partial charge in [-0.2, -0.15) is 0 Å². The van der Waals surface area contributed by atoms with E-state index in [1.807, 2.05) is 32.2 Å². The fraction of sp³-hybridized carbons (Fsp3) is 0.429. The van der Waals surface area contributed by atoms with Crippen LogP contribution in [0.25, 0.3) is 10.9 Å². The number of hydrogen-bond acceptors (Lipinski definition) is 3. The van der Waals surface area contributed by atoms with Crippen molar-refractivity contribution >= 4 is 10.9 Å². The van der Waals surface area contributed by atoms with E-state index in [0.717, 1.165) is 28.9 Å². The van der Waals surface area contributed by atoms with Crippen LogP contribution < -0.4 is 15.2 Å². The van der Waals surface area contributed by atoms with Gasteiger partial charge in [-0.25, -0.2) is 0 Å². The Balaban J connectivity index is 2.48. The predicted molar refractivity (Wildman–Crippen MR) is 73.3 cm³/mol. The molecule has 0 aliphatic heterocycles. The number of aromatic nitrogens is 1. The first-order valence-electron chi connectivity index (χ1n) is 6.38. The molecule has 2 rings (SSSR count). The van der Waals surface area contributed by atoms with E-state index in [0.29, 0.717) is 19.8 Å². The van der Waals surface area contributed by atoms with Crippen LogP contribution in [0.3, 0.4) is 0 Å². The van der Waals surface area contributed by atoms with Crippen LogP contribution in [0.15, 0.2) is 24.4 Å². The molecule has 0 saturated carbocycles. The van der Waals surface area contributed by atoms with Gasteiger partial charge in [0.05, 0.1) is 18.7 Å². The zero-order valence-electron chi connectivity index (χ0n) is 11.0. The van der Waals surface area contributed by atoms with Gasteiger partial charge < -0.3 is 19.8 Å². The summed E-state index contributed by atoms with van der Waals surface area (Å²) in [4.78, 5) is 0. The largest absolute Gasteiger partial charge is 0.490 e. The molecule has 98 valence electrons. The predicted octanol–water partition coefficient (Wildman–Crippen LogP) is 2.40. The van der Waals surface area contributed by atoms with Crippen LogP contribution in [-0.2, 0) is 6.54 Å². The lowest BCUT2D eigenvalue weighted by Crippen LogP contribution is -2.08. The van der Waals surface area contributed by atoms with E-state index in [-0.39, 0.29) is 0 Å². The number of benzene rings is 1. The van der Waals surface area contributed by atoms with Gasteiger partial charge in [0.25, 0.3) is 0 Å². The lowest BCUT2D eigenvalue weighted by atomic mass is 10.2. The highest BCUT2D eigenvalue weighted by molar-refractivity contribution is 5.84. The first kappa shape index (κ1) is 12.8. The molecule has 18 heavy (non-hydrogen) atoms. The van der Waals surface area contributed by atoms with Crippen molar-refractivity contribution in [2.24, 2.45) is 5.73 Å². The maximum absolute atomic E-state index is 5.63. The Morgan fingerprint density at radius 3 is 2.39 bits per heavy atom. The molecule has 4 nitrogen and oxygen atoms in total. The molecule has 0 atom stereocenters. The van der Waals surface area contributed by atoms with E-state index >= 15 is 0 Å². The maximum atomic E-state index is 5.63. The zero-order valence-corrected chi connectivity index (χ0v) is 11.0. The molecular weight excluding hydrogens is 228 g/mol.